The first kappa shape index (κ1) is 27.5. The van der Waals surface area contributed by atoms with Gasteiger partial charge >= 0.3 is 0 Å². The minimum absolute atomic E-state index is 0.158. The zero-order valence-corrected chi connectivity index (χ0v) is 22.7. The number of hydrogen-bond acceptors (Lipinski definition) is 4. The van der Waals surface area contributed by atoms with Crippen LogP contribution in [0, 0.1) is 17.7 Å². The van der Waals surface area contributed by atoms with E-state index in [4.69, 9.17) is 0 Å². The van der Waals surface area contributed by atoms with Gasteiger partial charge < -0.3 is 5.32 Å². The SMILES string of the molecule is CC(=O)NC1=NCCC2C=CC=C(c3ccc(CC4CCCCN(S(C)(=O)=O)CCC4)c(F)c3)C(=C1)C2. The standard InChI is InChI=1S/C29H38FN3O3S/c1-21(34)32-29-20-26-18-23(13-14-31-29)8-5-10-27(26)24-11-12-25(28(30)19-24)17-22-7-3-4-15-33(16-6-9-22)37(2,35)36/h5,8,10-12,19-20,22-23H,3-4,6-7,9,13-18H2,1-2H3,(H,31,32,34). The van der Waals surface area contributed by atoms with E-state index in [1.54, 1.807) is 10.4 Å². The van der Waals surface area contributed by atoms with E-state index in [1.807, 2.05) is 30.4 Å². The fourth-order valence-corrected chi connectivity index (χ4v) is 6.49. The molecule has 200 valence electrons. The Balaban J connectivity index is 1.50. The van der Waals surface area contributed by atoms with Crippen LogP contribution in [0.2, 0.25) is 0 Å². The lowest BCUT2D eigenvalue weighted by atomic mass is 9.87. The molecule has 8 heteroatoms. The van der Waals surface area contributed by atoms with Crippen LogP contribution in [0.15, 0.2) is 53.1 Å². The molecule has 1 amide bonds. The number of nitrogens with one attached hydrogen (secondary N) is 1. The molecular formula is C29H38FN3O3S. The van der Waals surface area contributed by atoms with Crippen LogP contribution < -0.4 is 5.32 Å². The summed E-state index contributed by atoms with van der Waals surface area (Å²) >= 11 is 0. The molecule has 37 heavy (non-hydrogen) atoms. The lowest BCUT2D eigenvalue weighted by Gasteiger charge is -2.20. The molecule has 2 bridgehead atoms. The second kappa shape index (κ2) is 12.3. The van der Waals surface area contributed by atoms with Gasteiger partial charge in [-0.05, 0) is 84.8 Å². The van der Waals surface area contributed by atoms with Gasteiger partial charge in [0.15, 0.2) is 0 Å². The number of amides is 1. The molecule has 4 rings (SSSR count). The number of nitrogens with zero attached hydrogens (tertiary/aromatic N) is 2. The van der Waals surface area contributed by atoms with Gasteiger partial charge in [-0.2, -0.15) is 0 Å². The van der Waals surface area contributed by atoms with Crippen molar-refractivity contribution in [3.8, 4) is 0 Å². The fraction of sp³-hybridized carbons (Fsp3) is 0.517. The van der Waals surface area contributed by atoms with Crippen molar-refractivity contribution in [2.75, 3.05) is 25.9 Å². The summed E-state index contributed by atoms with van der Waals surface area (Å²) in [5.74, 6) is 0.886. The highest BCUT2D eigenvalue weighted by Gasteiger charge is 2.22. The highest BCUT2D eigenvalue weighted by atomic mass is 32.2. The van der Waals surface area contributed by atoms with E-state index in [1.165, 1.54) is 13.2 Å². The second-order valence-electron chi connectivity index (χ2n) is 10.5. The summed E-state index contributed by atoms with van der Waals surface area (Å²) in [7, 11) is -3.17. The summed E-state index contributed by atoms with van der Waals surface area (Å²) in [4.78, 5) is 16.2. The van der Waals surface area contributed by atoms with Crippen LogP contribution in [-0.2, 0) is 21.2 Å². The molecule has 3 aliphatic rings. The van der Waals surface area contributed by atoms with Crippen LogP contribution in [-0.4, -0.2) is 50.4 Å². The maximum absolute atomic E-state index is 15.4. The number of halogens is 1. The van der Waals surface area contributed by atoms with Crippen molar-refractivity contribution in [2.45, 2.75) is 58.3 Å². The fourth-order valence-electron chi connectivity index (χ4n) is 5.57. The van der Waals surface area contributed by atoms with Crippen molar-refractivity contribution < 1.29 is 17.6 Å². The largest absolute Gasteiger partial charge is 0.311 e. The highest BCUT2D eigenvalue weighted by Crippen LogP contribution is 2.34. The van der Waals surface area contributed by atoms with E-state index in [2.05, 4.69) is 16.4 Å². The van der Waals surface area contributed by atoms with Gasteiger partial charge in [0.05, 0.1) is 6.26 Å². The number of carbonyl (C=O) groups is 1. The molecule has 0 radical (unpaired) electrons. The van der Waals surface area contributed by atoms with Crippen molar-refractivity contribution in [1.82, 2.24) is 9.62 Å². The molecule has 1 aromatic rings. The Morgan fingerprint density at radius 1 is 1.16 bits per heavy atom. The molecule has 1 saturated heterocycles. The Kier molecular flexibility index (Phi) is 9.13. The van der Waals surface area contributed by atoms with Gasteiger partial charge in [-0.1, -0.05) is 43.2 Å². The number of carbonyl (C=O) groups excluding carboxylic acids is 1. The Hall–Kier alpha value is -2.58. The van der Waals surface area contributed by atoms with E-state index in [-0.39, 0.29) is 11.7 Å². The van der Waals surface area contributed by atoms with Crippen molar-refractivity contribution >= 4 is 27.3 Å². The van der Waals surface area contributed by atoms with Gasteiger partial charge in [0.25, 0.3) is 0 Å². The number of hydrogen-bond donors (Lipinski definition) is 1. The monoisotopic (exact) mass is 527 g/mol. The zero-order chi connectivity index (χ0) is 26.4. The maximum Gasteiger partial charge on any atom is 0.222 e. The van der Waals surface area contributed by atoms with Crippen molar-refractivity contribution in [2.24, 2.45) is 16.8 Å². The number of rotatable bonds is 4. The molecule has 2 unspecified atom stereocenters. The van der Waals surface area contributed by atoms with E-state index in [0.29, 0.717) is 49.3 Å². The van der Waals surface area contributed by atoms with Crippen LogP contribution in [0.3, 0.4) is 0 Å². The van der Waals surface area contributed by atoms with Crippen molar-refractivity contribution in [1.29, 1.82) is 0 Å². The minimum Gasteiger partial charge on any atom is -0.311 e. The number of benzene rings is 1. The molecule has 1 aliphatic carbocycles. The molecular weight excluding hydrogens is 489 g/mol. The van der Waals surface area contributed by atoms with Crippen LogP contribution in [0.4, 0.5) is 4.39 Å². The summed E-state index contributed by atoms with van der Waals surface area (Å²) < 4.78 is 40.9. The predicted octanol–water partition coefficient (Wildman–Crippen LogP) is 5.03. The van der Waals surface area contributed by atoms with Crippen LogP contribution in [0.1, 0.15) is 63.0 Å². The van der Waals surface area contributed by atoms with Gasteiger partial charge in [-0.15, -0.1) is 0 Å². The van der Waals surface area contributed by atoms with Crippen molar-refractivity contribution in [3.05, 3.63) is 65.0 Å². The third-order valence-corrected chi connectivity index (χ3v) is 8.81. The van der Waals surface area contributed by atoms with Crippen molar-refractivity contribution in [3.63, 3.8) is 0 Å². The summed E-state index contributed by atoms with van der Waals surface area (Å²) in [5.41, 5.74) is 3.52. The molecule has 1 fully saturated rings. The molecule has 1 aromatic carbocycles. The molecule has 0 aromatic heterocycles. The van der Waals surface area contributed by atoms with E-state index in [9.17, 15) is 13.2 Å². The Labute approximate surface area is 220 Å². The van der Waals surface area contributed by atoms with Gasteiger partial charge in [-0.25, -0.2) is 17.1 Å². The Morgan fingerprint density at radius 3 is 2.70 bits per heavy atom. The van der Waals surface area contributed by atoms with E-state index >= 15 is 4.39 Å². The summed E-state index contributed by atoms with van der Waals surface area (Å²) in [6, 6.07) is 5.53. The topological polar surface area (TPSA) is 78.8 Å². The summed E-state index contributed by atoms with van der Waals surface area (Å²) in [6.07, 6.45) is 16.3. The molecule has 1 N–H and O–H groups in total. The second-order valence-corrected chi connectivity index (χ2v) is 12.5. The van der Waals surface area contributed by atoms with Gasteiger partial charge in [0, 0.05) is 26.6 Å². The average Bonchev–Trinajstić information content (AvgIpc) is 2.93. The maximum atomic E-state index is 15.4. The third kappa shape index (κ3) is 7.71. The quantitative estimate of drug-likeness (QED) is 0.596. The molecule has 2 aliphatic heterocycles. The lowest BCUT2D eigenvalue weighted by molar-refractivity contribution is -0.117. The minimum atomic E-state index is -3.17. The molecule has 2 atom stereocenters. The predicted molar refractivity (Wildman–Crippen MR) is 147 cm³/mol. The first-order valence-corrected chi connectivity index (χ1v) is 15.2. The van der Waals surface area contributed by atoms with E-state index < -0.39 is 10.0 Å². The highest BCUT2D eigenvalue weighted by molar-refractivity contribution is 7.88. The number of amidine groups is 1. The summed E-state index contributed by atoms with van der Waals surface area (Å²) in [6.45, 7) is 3.24. The number of aliphatic imine (C=N–C) groups is 1. The molecule has 0 saturated carbocycles. The Bertz CT molecular complexity index is 1230. The Morgan fingerprint density at radius 2 is 1.95 bits per heavy atom. The molecule has 6 nitrogen and oxygen atoms in total. The van der Waals surface area contributed by atoms with E-state index in [0.717, 1.165) is 61.7 Å². The normalized spacial score (nSPS) is 23.7. The van der Waals surface area contributed by atoms with Gasteiger partial charge in [0.2, 0.25) is 15.9 Å². The third-order valence-electron chi connectivity index (χ3n) is 7.50. The van der Waals surface area contributed by atoms with Crippen LogP contribution in [0.5, 0.6) is 0 Å². The number of fused-ring (bicyclic) bond motifs is 2. The lowest BCUT2D eigenvalue weighted by Crippen LogP contribution is -2.31. The van der Waals surface area contributed by atoms with Gasteiger partial charge in [0.1, 0.15) is 11.7 Å². The molecule has 2 heterocycles. The smallest absolute Gasteiger partial charge is 0.222 e. The number of allylic oxidation sites excluding steroid dienone is 5. The summed E-state index contributed by atoms with van der Waals surface area (Å²) in [5, 5.41) is 2.81. The molecule has 0 spiro atoms. The van der Waals surface area contributed by atoms with Crippen LogP contribution >= 0.6 is 0 Å². The average molecular weight is 528 g/mol. The number of sulfonamides is 1. The van der Waals surface area contributed by atoms with Crippen LogP contribution in [0.25, 0.3) is 5.57 Å². The first-order valence-electron chi connectivity index (χ1n) is 13.3. The zero-order valence-electron chi connectivity index (χ0n) is 21.9. The van der Waals surface area contributed by atoms with Gasteiger partial charge in [-0.3, -0.25) is 9.79 Å². The first-order chi connectivity index (χ1) is 17.7.